The standard InChI is InChI=1S/C15H22N2O2/c1-17-11-16-10-13(17)14(18)12-5-8-19-15(9-12)6-3-2-4-7-15/h10-12H,2-9H2,1H3. The molecule has 2 fully saturated rings. The van der Waals surface area contributed by atoms with Gasteiger partial charge >= 0.3 is 0 Å². The van der Waals surface area contributed by atoms with Gasteiger partial charge in [0, 0.05) is 19.6 Å². The molecular formula is C15H22N2O2. The van der Waals surface area contributed by atoms with Crippen molar-refractivity contribution >= 4 is 5.78 Å². The minimum atomic E-state index is -0.00454. The summed E-state index contributed by atoms with van der Waals surface area (Å²) in [6.07, 6.45) is 11.2. The summed E-state index contributed by atoms with van der Waals surface area (Å²) >= 11 is 0. The number of imidazole rings is 1. The number of hydrogen-bond acceptors (Lipinski definition) is 3. The molecule has 1 aromatic rings. The van der Waals surface area contributed by atoms with Crippen molar-refractivity contribution in [2.24, 2.45) is 13.0 Å². The van der Waals surface area contributed by atoms with E-state index in [4.69, 9.17) is 4.74 Å². The van der Waals surface area contributed by atoms with E-state index in [-0.39, 0.29) is 17.3 Å². The molecule has 1 spiro atoms. The van der Waals surface area contributed by atoms with Crippen LogP contribution >= 0.6 is 0 Å². The van der Waals surface area contributed by atoms with Crippen molar-refractivity contribution in [3.05, 3.63) is 18.2 Å². The fraction of sp³-hybridized carbons (Fsp3) is 0.733. The van der Waals surface area contributed by atoms with Gasteiger partial charge in [0.25, 0.3) is 0 Å². The molecule has 2 heterocycles. The molecule has 1 unspecified atom stereocenters. The summed E-state index contributed by atoms with van der Waals surface area (Å²) in [7, 11) is 1.88. The van der Waals surface area contributed by atoms with E-state index in [1.54, 1.807) is 12.5 Å². The predicted molar refractivity (Wildman–Crippen MR) is 72.0 cm³/mol. The van der Waals surface area contributed by atoms with Crippen molar-refractivity contribution in [3.8, 4) is 0 Å². The Bertz CT molecular complexity index is 455. The summed E-state index contributed by atoms with van der Waals surface area (Å²) in [5, 5.41) is 0. The molecule has 1 aliphatic heterocycles. The maximum absolute atomic E-state index is 12.6. The lowest BCUT2D eigenvalue weighted by Gasteiger charge is -2.43. The largest absolute Gasteiger partial charge is 0.375 e. The lowest BCUT2D eigenvalue weighted by Crippen LogP contribution is -2.43. The van der Waals surface area contributed by atoms with Crippen LogP contribution in [-0.2, 0) is 11.8 Å². The zero-order valence-electron chi connectivity index (χ0n) is 11.6. The van der Waals surface area contributed by atoms with Crippen LogP contribution in [0, 0.1) is 5.92 Å². The van der Waals surface area contributed by atoms with Crippen LogP contribution in [0.2, 0.25) is 0 Å². The molecule has 3 rings (SSSR count). The van der Waals surface area contributed by atoms with Crippen LogP contribution in [0.25, 0.3) is 0 Å². The van der Waals surface area contributed by atoms with Gasteiger partial charge in [-0.2, -0.15) is 0 Å². The van der Waals surface area contributed by atoms with Crippen molar-refractivity contribution in [3.63, 3.8) is 0 Å². The lowest BCUT2D eigenvalue weighted by atomic mass is 9.74. The molecule has 1 atom stereocenters. The van der Waals surface area contributed by atoms with E-state index < -0.39 is 0 Å². The van der Waals surface area contributed by atoms with E-state index in [0.29, 0.717) is 0 Å². The van der Waals surface area contributed by atoms with E-state index in [1.165, 1.54) is 19.3 Å². The van der Waals surface area contributed by atoms with E-state index >= 15 is 0 Å². The third kappa shape index (κ3) is 2.46. The van der Waals surface area contributed by atoms with Crippen LogP contribution in [-0.4, -0.2) is 27.5 Å². The smallest absolute Gasteiger partial charge is 0.184 e. The first kappa shape index (κ1) is 12.9. The van der Waals surface area contributed by atoms with Crippen LogP contribution in [0.4, 0.5) is 0 Å². The summed E-state index contributed by atoms with van der Waals surface area (Å²) in [5.74, 6) is 0.357. The first-order chi connectivity index (χ1) is 9.20. The van der Waals surface area contributed by atoms with Gasteiger partial charge in [-0.25, -0.2) is 4.98 Å². The number of hydrogen-bond donors (Lipinski definition) is 0. The highest BCUT2D eigenvalue weighted by Gasteiger charge is 2.41. The fourth-order valence-electron chi connectivity index (χ4n) is 3.60. The van der Waals surface area contributed by atoms with Gasteiger partial charge in [0.05, 0.1) is 18.1 Å². The number of carbonyl (C=O) groups is 1. The SMILES string of the molecule is Cn1cncc1C(=O)C1CCOC2(CCCCC2)C1. The van der Waals surface area contributed by atoms with Crippen LogP contribution in [0.1, 0.15) is 55.4 Å². The highest BCUT2D eigenvalue weighted by Crippen LogP contribution is 2.41. The predicted octanol–water partition coefficient (Wildman–Crippen LogP) is 2.73. The molecule has 0 aromatic carbocycles. The first-order valence-corrected chi connectivity index (χ1v) is 7.35. The molecular weight excluding hydrogens is 240 g/mol. The number of Topliss-reactive ketones (excluding diaryl/α,β-unsaturated/α-hetero) is 1. The second-order valence-corrected chi connectivity index (χ2v) is 6.04. The number of carbonyl (C=O) groups excluding carboxylic acids is 1. The molecule has 1 saturated heterocycles. The molecule has 1 saturated carbocycles. The third-order valence-electron chi connectivity index (χ3n) is 4.70. The molecule has 2 aliphatic rings. The topological polar surface area (TPSA) is 44.1 Å². The van der Waals surface area contributed by atoms with Crippen LogP contribution in [0.5, 0.6) is 0 Å². The quantitative estimate of drug-likeness (QED) is 0.770. The molecule has 4 heteroatoms. The van der Waals surface area contributed by atoms with E-state index in [0.717, 1.165) is 38.0 Å². The average molecular weight is 262 g/mol. The summed E-state index contributed by atoms with van der Waals surface area (Å²) < 4.78 is 7.88. The number of rotatable bonds is 2. The van der Waals surface area contributed by atoms with Crippen LogP contribution in [0.3, 0.4) is 0 Å². The van der Waals surface area contributed by atoms with Crippen LogP contribution in [0.15, 0.2) is 12.5 Å². The summed E-state index contributed by atoms with van der Waals surface area (Å²) in [6, 6.07) is 0. The summed E-state index contributed by atoms with van der Waals surface area (Å²) in [6.45, 7) is 0.730. The molecule has 1 aliphatic carbocycles. The van der Waals surface area contributed by atoms with Gasteiger partial charge in [0.15, 0.2) is 5.78 Å². The third-order valence-corrected chi connectivity index (χ3v) is 4.70. The Hall–Kier alpha value is -1.16. The number of aryl methyl sites for hydroxylation is 1. The molecule has 19 heavy (non-hydrogen) atoms. The highest BCUT2D eigenvalue weighted by molar-refractivity contribution is 5.96. The Morgan fingerprint density at radius 2 is 2.21 bits per heavy atom. The summed E-state index contributed by atoms with van der Waals surface area (Å²) in [4.78, 5) is 16.6. The monoisotopic (exact) mass is 262 g/mol. The Morgan fingerprint density at radius 1 is 1.42 bits per heavy atom. The normalized spacial score (nSPS) is 26.5. The highest BCUT2D eigenvalue weighted by atomic mass is 16.5. The minimum absolute atomic E-state index is 0.00454. The van der Waals surface area contributed by atoms with E-state index in [2.05, 4.69) is 4.98 Å². The zero-order chi connectivity index (χ0) is 13.3. The number of ketones is 1. The lowest BCUT2D eigenvalue weighted by molar-refractivity contribution is -0.111. The maximum Gasteiger partial charge on any atom is 0.184 e. The van der Waals surface area contributed by atoms with Gasteiger partial charge < -0.3 is 9.30 Å². The van der Waals surface area contributed by atoms with Crippen molar-refractivity contribution in [2.45, 2.75) is 50.5 Å². The Morgan fingerprint density at radius 3 is 2.89 bits per heavy atom. The number of aromatic nitrogens is 2. The fourth-order valence-corrected chi connectivity index (χ4v) is 3.60. The molecule has 4 nitrogen and oxygen atoms in total. The van der Waals surface area contributed by atoms with E-state index in [1.807, 2.05) is 11.6 Å². The zero-order valence-corrected chi connectivity index (χ0v) is 11.6. The van der Waals surface area contributed by atoms with Crippen LogP contribution < -0.4 is 0 Å². The van der Waals surface area contributed by atoms with Crippen molar-refractivity contribution in [1.29, 1.82) is 0 Å². The van der Waals surface area contributed by atoms with Gasteiger partial charge in [0.2, 0.25) is 0 Å². The molecule has 0 N–H and O–H groups in total. The molecule has 104 valence electrons. The Balaban J connectivity index is 1.74. The van der Waals surface area contributed by atoms with Gasteiger partial charge in [-0.1, -0.05) is 19.3 Å². The van der Waals surface area contributed by atoms with Gasteiger partial charge in [-0.3, -0.25) is 4.79 Å². The van der Waals surface area contributed by atoms with Crippen molar-refractivity contribution in [1.82, 2.24) is 9.55 Å². The van der Waals surface area contributed by atoms with Gasteiger partial charge in [-0.15, -0.1) is 0 Å². The second-order valence-electron chi connectivity index (χ2n) is 6.04. The van der Waals surface area contributed by atoms with Crippen molar-refractivity contribution < 1.29 is 9.53 Å². The summed E-state index contributed by atoms with van der Waals surface area (Å²) in [5.41, 5.74) is 0.730. The molecule has 0 bridgehead atoms. The van der Waals surface area contributed by atoms with Gasteiger partial charge in [-0.05, 0) is 25.7 Å². The Labute approximate surface area is 114 Å². The Kier molecular flexibility index (Phi) is 3.44. The second kappa shape index (κ2) is 5.08. The molecule has 0 radical (unpaired) electrons. The maximum atomic E-state index is 12.6. The van der Waals surface area contributed by atoms with Crippen molar-refractivity contribution in [2.75, 3.05) is 6.61 Å². The first-order valence-electron chi connectivity index (χ1n) is 7.35. The molecule has 1 aromatic heterocycles. The van der Waals surface area contributed by atoms with Gasteiger partial charge in [0.1, 0.15) is 5.69 Å². The molecule has 0 amide bonds. The van der Waals surface area contributed by atoms with E-state index in [9.17, 15) is 4.79 Å². The average Bonchev–Trinajstić information content (AvgIpc) is 2.85. The number of ether oxygens (including phenoxy) is 1. The number of nitrogens with zero attached hydrogens (tertiary/aromatic N) is 2. The minimum Gasteiger partial charge on any atom is -0.375 e.